The van der Waals surface area contributed by atoms with Crippen LogP contribution in [0.5, 0.6) is 0 Å². The van der Waals surface area contributed by atoms with Crippen LogP contribution in [-0.4, -0.2) is 35.6 Å². The molecule has 1 aliphatic heterocycles. The molecule has 2 fully saturated rings. The van der Waals surface area contributed by atoms with Gasteiger partial charge in [0.1, 0.15) is 0 Å². The number of piperidine rings is 1. The van der Waals surface area contributed by atoms with E-state index in [2.05, 4.69) is 12.1 Å². The largest absolute Gasteiger partial charge is 0.396 e. The minimum Gasteiger partial charge on any atom is -0.396 e. The first kappa shape index (κ1) is 13.6. The first-order valence-electron chi connectivity index (χ1n) is 7.74. The van der Waals surface area contributed by atoms with Gasteiger partial charge in [0.25, 0.3) is 0 Å². The fraction of sp³-hybridized carbons (Fsp3) is 0.588. The van der Waals surface area contributed by atoms with Crippen LogP contribution in [0.1, 0.15) is 37.2 Å². The number of carbonyl (C=O) groups excluding carboxylic acids is 1. The molecule has 1 saturated carbocycles. The third-order valence-corrected chi connectivity index (χ3v) is 4.61. The lowest BCUT2D eigenvalue weighted by molar-refractivity contribution is -0.135. The highest BCUT2D eigenvalue weighted by atomic mass is 16.3. The number of nitrogens with zero attached hydrogens (tertiary/aromatic N) is 1. The second-order valence-electron chi connectivity index (χ2n) is 6.20. The van der Waals surface area contributed by atoms with E-state index in [1.54, 1.807) is 0 Å². The van der Waals surface area contributed by atoms with Gasteiger partial charge >= 0.3 is 0 Å². The molecule has 1 aromatic rings. The number of amides is 1. The van der Waals surface area contributed by atoms with E-state index in [0.29, 0.717) is 5.92 Å². The fourth-order valence-corrected chi connectivity index (χ4v) is 3.32. The van der Waals surface area contributed by atoms with E-state index in [-0.39, 0.29) is 24.3 Å². The monoisotopic (exact) mass is 273 g/mol. The van der Waals surface area contributed by atoms with Crippen LogP contribution in [0.2, 0.25) is 0 Å². The van der Waals surface area contributed by atoms with Crippen LogP contribution in [0.15, 0.2) is 30.3 Å². The molecule has 3 nitrogen and oxygen atoms in total. The first-order valence-corrected chi connectivity index (χ1v) is 7.74. The number of benzene rings is 1. The SMILES string of the molecule is O=C(C(c1ccccc1)C1CC1)N1CCCC(CO)C1. The molecule has 20 heavy (non-hydrogen) atoms. The minimum atomic E-state index is 0.0358. The number of rotatable bonds is 4. The summed E-state index contributed by atoms with van der Waals surface area (Å²) >= 11 is 0. The van der Waals surface area contributed by atoms with Crippen molar-refractivity contribution in [1.29, 1.82) is 0 Å². The Morgan fingerprint density at radius 2 is 2.00 bits per heavy atom. The maximum atomic E-state index is 12.9. The van der Waals surface area contributed by atoms with E-state index in [1.165, 1.54) is 12.8 Å². The van der Waals surface area contributed by atoms with Crippen LogP contribution < -0.4 is 0 Å². The lowest BCUT2D eigenvalue weighted by Gasteiger charge is -2.34. The first-order chi connectivity index (χ1) is 9.79. The van der Waals surface area contributed by atoms with Crippen LogP contribution in [0.4, 0.5) is 0 Å². The van der Waals surface area contributed by atoms with Crippen molar-refractivity contribution in [3.63, 3.8) is 0 Å². The Kier molecular flexibility index (Phi) is 4.06. The third-order valence-electron chi connectivity index (χ3n) is 4.61. The number of hydrogen-bond donors (Lipinski definition) is 1. The zero-order chi connectivity index (χ0) is 13.9. The van der Waals surface area contributed by atoms with Gasteiger partial charge in [-0.15, -0.1) is 0 Å². The Balaban J connectivity index is 1.76. The van der Waals surface area contributed by atoms with Crippen LogP contribution >= 0.6 is 0 Å². The van der Waals surface area contributed by atoms with Crippen LogP contribution in [0.25, 0.3) is 0 Å². The zero-order valence-corrected chi connectivity index (χ0v) is 11.9. The van der Waals surface area contributed by atoms with Crippen molar-refractivity contribution in [3.8, 4) is 0 Å². The maximum absolute atomic E-state index is 12.9. The molecule has 1 aliphatic carbocycles. The molecule has 0 bridgehead atoms. The van der Waals surface area contributed by atoms with Gasteiger partial charge in [-0.3, -0.25) is 4.79 Å². The second-order valence-corrected chi connectivity index (χ2v) is 6.20. The van der Waals surface area contributed by atoms with Crippen molar-refractivity contribution in [2.24, 2.45) is 11.8 Å². The summed E-state index contributed by atoms with van der Waals surface area (Å²) < 4.78 is 0. The van der Waals surface area contributed by atoms with Crippen LogP contribution in [0.3, 0.4) is 0 Å². The molecule has 2 atom stereocenters. The van der Waals surface area contributed by atoms with E-state index in [0.717, 1.165) is 31.5 Å². The highest BCUT2D eigenvalue weighted by Gasteiger charge is 2.40. The molecule has 0 spiro atoms. The molecule has 1 N–H and O–H groups in total. The molecular formula is C17H23NO2. The van der Waals surface area contributed by atoms with Gasteiger partial charge in [0.05, 0.1) is 5.92 Å². The van der Waals surface area contributed by atoms with Gasteiger partial charge in [0, 0.05) is 19.7 Å². The van der Waals surface area contributed by atoms with E-state index >= 15 is 0 Å². The topological polar surface area (TPSA) is 40.5 Å². The van der Waals surface area contributed by atoms with Gasteiger partial charge in [0.15, 0.2) is 0 Å². The Morgan fingerprint density at radius 3 is 2.65 bits per heavy atom. The zero-order valence-electron chi connectivity index (χ0n) is 11.9. The second kappa shape index (κ2) is 5.96. The normalized spacial score (nSPS) is 24.4. The predicted octanol–water partition coefficient (Wildman–Crippen LogP) is 2.41. The summed E-state index contributed by atoms with van der Waals surface area (Å²) in [5, 5.41) is 9.33. The predicted molar refractivity (Wildman–Crippen MR) is 78.3 cm³/mol. The average molecular weight is 273 g/mol. The molecule has 1 heterocycles. The summed E-state index contributed by atoms with van der Waals surface area (Å²) in [6, 6.07) is 10.2. The number of likely N-dealkylation sites (tertiary alicyclic amines) is 1. The molecule has 1 aromatic carbocycles. The maximum Gasteiger partial charge on any atom is 0.230 e. The fourth-order valence-electron chi connectivity index (χ4n) is 3.32. The third kappa shape index (κ3) is 2.88. The summed E-state index contributed by atoms with van der Waals surface area (Å²) in [7, 11) is 0. The number of aliphatic hydroxyl groups is 1. The Morgan fingerprint density at radius 1 is 1.25 bits per heavy atom. The summed E-state index contributed by atoms with van der Waals surface area (Å²) in [6.45, 7) is 1.78. The molecule has 0 radical (unpaired) electrons. The van der Waals surface area contributed by atoms with E-state index in [4.69, 9.17) is 0 Å². The number of aliphatic hydroxyl groups excluding tert-OH is 1. The van der Waals surface area contributed by atoms with Crippen molar-refractivity contribution < 1.29 is 9.90 Å². The molecule has 3 heteroatoms. The van der Waals surface area contributed by atoms with Crippen molar-refractivity contribution in [3.05, 3.63) is 35.9 Å². The van der Waals surface area contributed by atoms with Crippen LogP contribution in [0, 0.1) is 11.8 Å². The van der Waals surface area contributed by atoms with Gasteiger partial charge in [-0.25, -0.2) is 0 Å². The van der Waals surface area contributed by atoms with Crippen molar-refractivity contribution >= 4 is 5.91 Å². The lowest BCUT2D eigenvalue weighted by Crippen LogP contribution is -2.43. The summed E-state index contributed by atoms with van der Waals surface area (Å²) in [5.74, 6) is 1.10. The lowest BCUT2D eigenvalue weighted by atomic mass is 9.90. The van der Waals surface area contributed by atoms with E-state index in [9.17, 15) is 9.90 Å². The number of hydrogen-bond acceptors (Lipinski definition) is 2. The van der Waals surface area contributed by atoms with Crippen molar-refractivity contribution in [1.82, 2.24) is 4.90 Å². The standard InChI is InChI=1S/C17H23NO2/c19-12-13-5-4-10-18(11-13)17(20)16(15-8-9-15)14-6-2-1-3-7-14/h1-3,6-7,13,15-16,19H,4-5,8-12H2. The van der Waals surface area contributed by atoms with Crippen LogP contribution in [-0.2, 0) is 4.79 Å². The Labute approximate surface area is 120 Å². The highest BCUT2D eigenvalue weighted by Crippen LogP contribution is 2.43. The summed E-state index contributed by atoms with van der Waals surface area (Å²) in [4.78, 5) is 14.9. The Bertz CT molecular complexity index is 455. The molecule has 0 aromatic heterocycles. The van der Waals surface area contributed by atoms with Gasteiger partial charge in [0.2, 0.25) is 5.91 Å². The summed E-state index contributed by atoms with van der Waals surface area (Å²) in [6.07, 6.45) is 4.40. The smallest absolute Gasteiger partial charge is 0.230 e. The van der Waals surface area contributed by atoms with Gasteiger partial charge < -0.3 is 10.0 Å². The minimum absolute atomic E-state index is 0.0358. The van der Waals surface area contributed by atoms with Gasteiger partial charge in [-0.2, -0.15) is 0 Å². The quantitative estimate of drug-likeness (QED) is 0.915. The average Bonchev–Trinajstić information content (AvgIpc) is 3.33. The van der Waals surface area contributed by atoms with Crippen molar-refractivity contribution in [2.45, 2.75) is 31.6 Å². The molecule has 108 valence electrons. The summed E-state index contributed by atoms with van der Waals surface area (Å²) in [5.41, 5.74) is 1.16. The van der Waals surface area contributed by atoms with Gasteiger partial charge in [-0.05, 0) is 43.1 Å². The van der Waals surface area contributed by atoms with E-state index < -0.39 is 0 Å². The van der Waals surface area contributed by atoms with Gasteiger partial charge in [-0.1, -0.05) is 30.3 Å². The van der Waals surface area contributed by atoms with Crippen molar-refractivity contribution in [2.75, 3.05) is 19.7 Å². The molecule has 2 aliphatic rings. The highest BCUT2D eigenvalue weighted by molar-refractivity contribution is 5.84. The molecule has 3 rings (SSSR count). The molecular weight excluding hydrogens is 250 g/mol. The Hall–Kier alpha value is -1.35. The number of carbonyl (C=O) groups is 1. The molecule has 1 amide bonds. The van der Waals surface area contributed by atoms with E-state index in [1.807, 2.05) is 23.1 Å². The molecule has 1 saturated heterocycles. The molecule has 2 unspecified atom stereocenters.